The number of fused-ring (bicyclic) bond motifs is 1. The normalized spacial score (nSPS) is 19.3. The Morgan fingerprint density at radius 1 is 1.35 bits per heavy atom. The Kier molecular flexibility index (Phi) is 6.09. The van der Waals surface area contributed by atoms with Crippen molar-refractivity contribution in [3.63, 3.8) is 0 Å². The number of halogens is 1. The SMILES string of the molecule is CC(C)CC1(CNC(=O)c2n[nH]c3c2CNCC3)CCCC1.Cl. The number of amides is 1. The maximum absolute atomic E-state index is 12.5. The summed E-state index contributed by atoms with van der Waals surface area (Å²) >= 11 is 0. The molecule has 6 heteroatoms. The van der Waals surface area contributed by atoms with E-state index in [2.05, 4.69) is 34.7 Å². The van der Waals surface area contributed by atoms with E-state index in [9.17, 15) is 4.79 Å². The number of hydrogen-bond donors (Lipinski definition) is 3. The van der Waals surface area contributed by atoms with Crippen molar-refractivity contribution in [1.29, 1.82) is 0 Å². The Hall–Kier alpha value is -1.07. The molecule has 0 spiro atoms. The average Bonchev–Trinajstić information content (AvgIpc) is 3.11. The second-order valence-corrected chi connectivity index (χ2v) is 7.44. The number of H-pyrrole nitrogens is 1. The lowest BCUT2D eigenvalue weighted by atomic mass is 9.78. The molecule has 1 aliphatic carbocycles. The van der Waals surface area contributed by atoms with Crippen LogP contribution in [0.4, 0.5) is 0 Å². The van der Waals surface area contributed by atoms with Crippen molar-refractivity contribution in [2.24, 2.45) is 11.3 Å². The van der Waals surface area contributed by atoms with Crippen LogP contribution in [0.5, 0.6) is 0 Å². The molecule has 1 amide bonds. The molecule has 23 heavy (non-hydrogen) atoms. The molecule has 2 aliphatic rings. The van der Waals surface area contributed by atoms with Crippen LogP contribution in [0.3, 0.4) is 0 Å². The first-order valence-corrected chi connectivity index (χ1v) is 8.65. The zero-order chi connectivity index (χ0) is 15.6. The number of carbonyl (C=O) groups is 1. The Balaban J connectivity index is 0.00000192. The van der Waals surface area contributed by atoms with Crippen LogP contribution in [-0.4, -0.2) is 29.2 Å². The maximum atomic E-state index is 12.5. The second-order valence-electron chi connectivity index (χ2n) is 7.44. The van der Waals surface area contributed by atoms with Crippen molar-refractivity contribution >= 4 is 18.3 Å². The Bertz CT molecular complexity index is 535. The van der Waals surface area contributed by atoms with E-state index < -0.39 is 0 Å². The predicted octanol–water partition coefficient (Wildman–Crippen LogP) is 2.81. The molecule has 1 aromatic heterocycles. The zero-order valence-electron chi connectivity index (χ0n) is 14.2. The fourth-order valence-electron chi connectivity index (χ4n) is 4.21. The molecule has 1 aromatic rings. The van der Waals surface area contributed by atoms with E-state index in [1.54, 1.807) is 0 Å². The predicted molar refractivity (Wildman–Crippen MR) is 93.9 cm³/mol. The van der Waals surface area contributed by atoms with Gasteiger partial charge in [-0.25, -0.2) is 0 Å². The molecule has 0 aromatic carbocycles. The van der Waals surface area contributed by atoms with Crippen LogP contribution in [-0.2, 0) is 13.0 Å². The van der Waals surface area contributed by atoms with Gasteiger partial charge in [0.1, 0.15) is 0 Å². The first-order chi connectivity index (χ1) is 10.6. The highest BCUT2D eigenvalue weighted by atomic mass is 35.5. The Morgan fingerprint density at radius 2 is 2.09 bits per heavy atom. The van der Waals surface area contributed by atoms with E-state index in [0.29, 0.717) is 17.0 Å². The summed E-state index contributed by atoms with van der Waals surface area (Å²) in [6.07, 6.45) is 7.20. The van der Waals surface area contributed by atoms with E-state index in [-0.39, 0.29) is 18.3 Å². The Labute approximate surface area is 144 Å². The zero-order valence-corrected chi connectivity index (χ0v) is 15.0. The van der Waals surface area contributed by atoms with E-state index >= 15 is 0 Å². The van der Waals surface area contributed by atoms with Crippen LogP contribution in [0.2, 0.25) is 0 Å². The van der Waals surface area contributed by atoms with Crippen LogP contribution >= 0.6 is 12.4 Å². The minimum Gasteiger partial charge on any atom is -0.350 e. The van der Waals surface area contributed by atoms with Gasteiger partial charge in [-0.15, -0.1) is 12.4 Å². The summed E-state index contributed by atoms with van der Waals surface area (Å²) in [4.78, 5) is 12.5. The molecule has 0 unspecified atom stereocenters. The van der Waals surface area contributed by atoms with E-state index in [1.807, 2.05) is 0 Å². The third-order valence-electron chi connectivity index (χ3n) is 5.15. The van der Waals surface area contributed by atoms with Crippen molar-refractivity contribution in [3.8, 4) is 0 Å². The largest absolute Gasteiger partial charge is 0.350 e. The van der Waals surface area contributed by atoms with Crippen molar-refractivity contribution in [2.75, 3.05) is 13.1 Å². The molecule has 130 valence electrons. The third kappa shape index (κ3) is 4.07. The van der Waals surface area contributed by atoms with Gasteiger partial charge in [0.2, 0.25) is 0 Å². The van der Waals surface area contributed by atoms with Crippen LogP contribution in [0.15, 0.2) is 0 Å². The summed E-state index contributed by atoms with van der Waals surface area (Å²) in [6.45, 7) is 7.04. The number of nitrogens with one attached hydrogen (secondary N) is 3. The molecule has 2 heterocycles. The number of aromatic amines is 1. The molecule has 5 nitrogen and oxygen atoms in total. The molecule has 1 saturated carbocycles. The highest BCUT2D eigenvalue weighted by Crippen LogP contribution is 2.42. The van der Waals surface area contributed by atoms with Gasteiger partial charge in [0.15, 0.2) is 5.69 Å². The lowest BCUT2D eigenvalue weighted by Gasteiger charge is -2.31. The van der Waals surface area contributed by atoms with Crippen molar-refractivity contribution in [3.05, 3.63) is 17.0 Å². The first kappa shape index (κ1) is 18.3. The second kappa shape index (κ2) is 7.67. The highest BCUT2D eigenvalue weighted by Gasteiger charge is 2.35. The molecule has 0 radical (unpaired) electrons. The van der Waals surface area contributed by atoms with Crippen molar-refractivity contribution in [2.45, 2.75) is 58.9 Å². The molecule has 3 rings (SSSR count). The van der Waals surface area contributed by atoms with Gasteiger partial charge in [0.05, 0.1) is 0 Å². The minimum atomic E-state index is -0.0174. The fraction of sp³-hybridized carbons (Fsp3) is 0.765. The summed E-state index contributed by atoms with van der Waals surface area (Å²) in [5, 5.41) is 13.8. The maximum Gasteiger partial charge on any atom is 0.272 e. The van der Waals surface area contributed by atoms with Gasteiger partial charge in [-0.05, 0) is 30.6 Å². The average molecular weight is 341 g/mol. The summed E-state index contributed by atoms with van der Waals surface area (Å²) in [5.41, 5.74) is 3.05. The molecular weight excluding hydrogens is 312 g/mol. The summed E-state index contributed by atoms with van der Waals surface area (Å²) in [7, 11) is 0. The number of aromatic nitrogens is 2. The number of carbonyl (C=O) groups excluding carboxylic acids is 1. The van der Waals surface area contributed by atoms with Gasteiger partial charge in [-0.2, -0.15) is 5.10 Å². The smallest absolute Gasteiger partial charge is 0.272 e. The molecule has 1 fully saturated rings. The van der Waals surface area contributed by atoms with Gasteiger partial charge in [-0.1, -0.05) is 26.7 Å². The quantitative estimate of drug-likeness (QED) is 0.772. The number of rotatable bonds is 5. The van der Waals surface area contributed by atoms with Gasteiger partial charge >= 0.3 is 0 Å². The van der Waals surface area contributed by atoms with E-state index in [0.717, 1.165) is 37.3 Å². The fourth-order valence-corrected chi connectivity index (χ4v) is 4.21. The highest BCUT2D eigenvalue weighted by molar-refractivity contribution is 5.94. The topological polar surface area (TPSA) is 69.8 Å². The van der Waals surface area contributed by atoms with Crippen molar-refractivity contribution < 1.29 is 4.79 Å². The summed E-state index contributed by atoms with van der Waals surface area (Å²) in [5.74, 6) is 0.661. The van der Waals surface area contributed by atoms with Gasteiger partial charge in [-0.3, -0.25) is 9.89 Å². The molecule has 0 atom stereocenters. The monoisotopic (exact) mass is 340 g/mol. The third-order valence-corrected chi connectivity index (χ3v) is 5.15. The Morgan fingerprint density at radius 3 is 2.78 bits per heavy atom. The summed E-state index contributed by atoms with van der Waals surface area (Å²) < 4.78 is 0. The lowest BCUT2D eigenvalue weighted by molar-refractivity contribution is 0.0915. The molecule has 1 aliphatic heterocycles. The minimum absolute atomic E-state index is 0. The van der Waals surface area contributed by atoms with Crippen LogP contribution in [0, 0.1) is 11.3 Å². The van der Waals surface area contributed by atoms with Gasteiger partial charge in [0, 0.05) is 37.3 Å². The van der Waals surface area contributed by atoms with Gasteiger partial charge in [0.25, 0.3) is 5.91 Å². The molecular formula is C17H29ClN4O. The lowest BCUT2D eigenvalue weighted by Crippen LogP contribution is -2.37. The van der Waals surface area contributed by atoms with E-state index in [4.69, 9.17) is 0 Å². The first-order valence-electron chi connectivity index (χ1n) is 8.65. The molecule has 0 saturated heterocycles. The van der Waals surface area contributed by atoms with Crippen LogP contribution < -0.4 is 10.6 Å². The molecule has 0 bridgehead atoms. The number of nitrogens with zero attached hydrogens (tertiary/aromatic N) is 1. The number of hydrogen-bond acceptors (Lipinski definition) is 3. The van der Waals surface area contributed by atoms with Crippen LogP contribution in [0.25, 0.3) is 0 Å². The van der Waals surface area contributed by atoms with Crippen molar-refractivity contribution in [1.82, 2.24) is 20.8 Å². The van der Waals surface area contributed by atoms with Crippen LogP contribution in [0.1, 0.15) is 67.7 Å². The standard InChI is InChI=1S/C17H28N4O.ClH/c1-12(2)9-17(6-3-4-7-17)11-19-16(22)15-13-10-18-8-5-14(13)20-21-15;/h12,18H,3-11H2,1-2H3,(H,19,22)(H,20,21);1H. The molecule has 3 N–H and O–H groups in total. The van der Waals surface area contributed by atoms with Gasteiger partial charge < -0.3 is 10.6 Å². The summed E-state index contributed by atoms with van der Waals surface area (Å²) in [6, 6.07) is 0. The van der Waals surface area contributed by atoms with E-state index in [1.165, 1.54) is 32.1 Å².